The molecule has 0 fully saturated rings. The quantitative estimate of drug-likeness (QED) is 0.201. The molecule has 1 unspecified atom stereocenters. The van der Waals surface area contributed by atoms with E-state index in [4.69, 9.17) is 9.84 Å². The number of hydrogen-bond acceptors (Lipinski definition) is 4. The Morgan fingerprint density at radius 1 is 0.939 bits per heavy atom. The molecule has 0 amide bonds. The van der Waals surface area contributed by atoms with E-state index < -0.39 is 11.9 Å². The van der Waals surface area contributed by atoms with Gasteiger partial charge >= 0.3 is 11.9 Å². The zero-order valence-electron chi connectivity index (χ0n) is 18.6. The van der Waals surface area contributed by atoms with Crippen LogP contribution in [-0.4, -0.2) is 17.0 Å². The van der Waals surface area contributed by atoms with Crippen LogP contribution in [0.5, 0.6) is 5.75 Å². The Balaban J connectivity index is 1.75. The Labute approximate surface area is 193 Å². The molecule has 1 atom stereocenters. The molecule has 0 radical (unpaired) electrons. The average molecular weight is 440 g/mol. The summed E-state index contributed by atoms with van der Waals surface area (Å²) in [6.07, 6.45) is 3.24. The molecule has 0 aromatic heterocycles. The van der Waals surface area contributed by atoms with Gasteiger partial charge in [-0.25, -0.2) is 9.59 Å². The molecule has 0 saturated heterocycles. The molecule has 0 saturated carbocycles. The van der Waals surface area contributed by atoms with Crippen LogP contribution in [0.4, 0.5) is 0 Å². The number of carbonyl (C=O) groups excluding carboxylic acids is 1. The van der Waals surface area contributed by atoms with Crippen LogP contribution in [0.25, 0.3) is 6.08 Å². The van der Waals surface area contributed by atoms with Crippen LogP contribution in [0.2, 0.25) is 0 Å². The fourth-order valence-electron chi connectivity index (χ4n) is 3.61. The number of nitrogens with zero attached hydrogens (tertiary/aromatic N) is 1. The fourth-order valence-corrected chi connectivity index (χ4v) is 3.61. The lowest BCUT2D eigenvalue weighted by Crippen LogP contribution is -2.10. The first-order valence-corrected chi connectivity index (χ1v) is 10.8. The van der Waals surface area contributed by atoms with Crippen molar-refractivity contribution >= 4 is 18.0 Å². The SMILES string of the molecule is CCc1ccc(OC(=O)C(C#N)=Cc2ccc(C(CC)c3ccc(C(=O)O)cc3)cc2)cc1. The van der Waals surface area contributed by atoms with Crippen molar-refractivity contribution in [3.8, 4) is 11.8 Å². The van der Waals surface area contributed by atoms with Gasteiger partial charge in [0.1, 0.15) is 17.4 Å². The second kappa shape index (κ2) is 10.9. The summed E-state index contributed by atoms with van der Waals surface area (Å²) < 4.78 is 5.33. The molecule has 0 spiro atoms. The lowest BCUT2D eigenvalue weighted by Gasteiger charge is -2.16. The highest BCUT2D eigenvalue weighted by Crippen LogP contribution is 2.28. The van der Waals surface area contributed by atoms with Crippen LogP contribution >= 0.6 is 0 Å². The monoisotopic (exact) mass is 439 g/mol. The summed E-state index contributed by atoms with van der Waals surface area (Å²) >= 11 is 0. The maximum Gasteiger partial charge on any atom is 0.354 e. The second-order valence-electron chi connectivity index (χ2n) is 7.61. The molecule has 5 nitrogen and oxygen atoms in total. The number of carboxylic acid groups (broad SMARTS) is 1. The van der Waals surface area contributed by atoms with Crippen molar-refractivity contribution in [2.24, 2.45) is 0 Å². The topological polar surface area (TPSA) is 87.4 Å². The summed E-state index contributed by atoms with van der Waals surface area (Å²) in [5.41, 5.74) is 4.11. The van der Waals surface area contributed by atoms with Gasteiger partial charge in [-0.05, 0) is 65.4 Å². The van der Waals surface area contributed by atoms with Gasteiger partial charge < -0.3 is 9.84 Å². The van der Waals surface area contributed by atoms with Gasteiger partial charge in [0, 0.05) is 5.92 Å². The number of aromatic carboxylic acids is 1. The third-order valence-corrected chi connectivity index (χ3v) is 5.50. The minimum Gasteiger partial charge on any atom is -0.478 e. The van der Waals surface area contributed by atoms with Crippen LogP contribution < -0.4 is 4.74 Å². The number of aryl methyl sites for hydroxylation is 1. The first kappa shape index (κ1) is 23.5. The number of benzene rings is 3. The summed E-state index contributed by atoms with van der Waals surface area (Å²) in [5, 5.41) is 18.5. The van der Waals surface area contributed by atoms with E-state index in [2.05, 4.69) is 6.92 Å². The fraction of sp³-hybridized carbons (Fsp3) is 0.179. The highest BCUT2D eigenvalue weighted by molar-refractivity contribution is 5.99. The zero-order valence-corrected chi connectivity index (χ0v) is 18.6. The highest BCUT2D eigenvalue weighted by Gasteiger charge is 2.15. The Kier molecular flexibility index (Phi) is 7.77. The molecule has 33 heavy (non-hydrogen) atoms. The van der Waals surface area contributed by atoms with Crippen molar-refractivity contribution in [1.29, 1.82) is 5.26 Å². The molecule has 0 aliphatic rings. The molecule has 0 heterocycles. The first-order chi connectivity index (χ1) is 15.9. The molecule has 1 N–H and O–H groups in total. The number of esters is 1. The van der Waals surface area contributed by atoms with Gasteiger partial charge in [-0.1, -0.05) is 62.4 Å². The molecule has 166 valence electrons. The van der Waals surface area contributed by atoms with Crippen LogP contribution in [0.15, 0.2) is 78.4 Å². The van der Waals surface area contributed by atoms with Crippen molar-refractivity contribution in [2.75, 3.05) is 0 Å². The van der Waals surface area contributed by atoms with Crippen molar-refractivity contribution in [1.82, 2.24) is 0 Å². The van der Waals surface area contributed by atoms with E-state index in [-0.39, 0.29) is 17.1 Å². The van der Waals surface area contributed by atoms with Crippen molar-refractivity contribution in [2.45, 2.75) is 32.6 Å². The van der Waals surface area contributed by atoms with Gasteiger partial charge in [0.15, 0.2) is 0 Å². The van der Waals surface area contributed by atoms with Crippen molar-refractivity contribution < 1.29 is 19.4 Å². The van der Waals surface area contributed by atoms with Crippen molar-refractivity contribution in [3.63, 3.8) is 0 Å². The number of hydrogen-bond donors (Lipinski definition) is 1. The number of carbonyl (C=O) groups is 2. The summed E-state index contributed by atoms with van der Waals surface area (Å²) in [6, 6.07) is 23.6. The molecule has 0 aliphatic heterocycles. The largest absolute Gasteiger partial charge is 0.478 e. The van der Waals surface area contributed by atoms with E-state index in [9.17, 15) is 14.9 Å². The lowest BCUT2D eigenvalue weighted by molar-refractivity contribution is -0.129. The normalized spacial score (nSPS) is 12.0. The van der Waals surface area contributed by atoms with E-state index >= 15 is 0 Å². The molecule has 3 rings (SSSR count). The highest BCUT2D eigenvalue weighted by atomic mass is 16.5. The van der Waals surface area contributed by atoms with Crippen LogP contribution in [0, 0.1) is 11.3 Å². The molecule has 0 aliphatic carbocycles. The van der Waals surface area contributed by atoms with Crippen LogP contribution in [0.3, 0.4) is 0 Å². The van der Waals surface area contributed by atoms with E-state index in [1.54, 1.807) is 24.3 Å². The van der Waals surface area contributed by atoms with Gasteiger partial charge in [-0.3, -0.25) is 0 Å². The number of carboxylic acids is 1. The maximum absolute atomic E-state index is 12.4. The van der Waals surface area contributed by atoms with Gasteiger partial charge in [-0.15, -0.1) is 0 Å². The Hall–Kier alpha value is -4.17. The van der Waals surface area contributed by atoms with E-state index in [1.165, 1.54) is 6.08 Å². The van der Waals surface area contributed by atoms with Gasteiger partial charge in [0.25, 0.3) is 0 Å². The lowest BCUT2D eigenvalue weighted by atomic mass is 9.88. The van der Waals surface area contributed by atoms with E-state index in [0.29, 0.717) is 11.3 Å². The Morgan fingerprint density at radius 2 is 1.52 bits per heavy atom. The molecule has 3 aromatic carbocycles. The van der Waals surface area contributed by atoms with Crippen molar-refractivity contribution in [3.05, 3.63) is 106 Å². The minimum absolute atomic E-state index is 0.0846. The number of nitriles is 1. The zero-order chi connectivity index (χ0) is 23.8. The Morgan fingerprint density at radius 3 is 2.00 bits per heavy atom. The van der Waals surface area contributed by atoms with Crippen LogP contribution in [-0.2, 0) is 11.2 Å². The second-order valence-corrected chi connectivity index (χ2v) is 7.61. The third kappa shape index (κ3) is 5.96. The molecular formula is C28H25NO4. The third-order valence-electron chi connectivity index (χ3n) is 5.50. The minimum atomic E-state index is -0.949. The maximum atomic E-state index is 12.4. The Bertz CT molecular complexity index is 1180. The van der Waals surface area contributed by atoms with Crippen LogP contribution in [0.1, 0.15) is 58.8 Å². The summed E-state index contributed by atoms with van der Waals surface area (Å²) in [6.45, 7) is 4.11. The number of ether oxygens (including phenoxy) is 1. The van der Waals surface area contributed by atoms with Gasteiger partial charge in [-0.2, -0.15) is 5.26 Å². The smallest absolute Gasteiger partial charge is 0.354 e. The molecule has 0 bridgehead atoms. The summed E-state index contributed by atoms with van der Waals surface area (Å²) in [5.74, 6) is -1.14. The average Bonchev–Trinajstić information content (AvgIpc) is 2.84. The predicted molar refractivity (Wildman–Crippen MR) is 127 cm³/mol. The van der Waals surface area contributed by atoms with E-state index in [1.807, 2.05) is 61.5 Å². The molecular weight excluding hydrogens is 414 g/mol. The molecule has 3 aromatic rings. The standard InChI is InChI=1S/C28H25NO4/c1-3-19-7-15-25(16-8-19)33-28(32)24(18-29)17-20-5-9-21(10-6-20)26(4-2)22-11-13-23(14-12-22)27(30)31/h5-17,26H,3-4H2,1-2H3,(H,30,31). The predicted octanol–water partition coefficient (Wildman–Crippen LogP) is 6.00. The van der Waals surface area contributed by atoms with Gasteiger partial charge in [0.2, 0.25) is 0 Å². The summed E-state index contributed by atoms with van der Waals surface area (Å²) in [7, 11) is 0. The first-order valence-electron chi connectivity index (χ1n) is 10.8. The molecule has 5 heteroatoms. The van der Waals surface area contributed by atoms with E-state index in [0.717, 1.165) is 29.5 Å². The number of rotatable bonds is 8. The van der Waals surface area contributed by atoms with Gasteiger partial charge in [0.05, 0.1) is 5.56 Å². The summed E-state index contributed by atoms with van der Waals surface area (Å²) in [4.78, 5) is 23.5.